The van der Waals surface area contributed by atoms with Gasteiger partial charge in [-0.25, -0.2) is 0 Å². The van der Waals surface area contributed by atoms with Crippen LogP contribution in [0.2, 0.25) is 10.0 Å². The van der Waals surface area contributed by atoms with Crippen molar-refractivity contribution in [3.8, 4) is 5.75 Å². The number of amides is 2. The number of benzene rings is 3. The summed E-state index contributed by atoms with van der Waals surface area (Å²) in [6.45, 7) is 1.90. The van der Waals surface area contributed by atoms with Crippen molar-refractivity contribution in [3.05, 3.63) is 100 Å². The van der Waals surface area contributed by atoms with E-state index in [0.29, 0.717) is 47.6 Å². The number of ether oxygens (including phenoxy) is 1. The van der Waals surface area contributed by atoms with Crippen LogP contribution < -0.4 is 4.74 Å². The number of hydrogen-bond acceptors (Lipinski definition) is 3. The summed E-state index contributed by atoms with van der Waals surface area (Å²) >= 11 is 12.2. The Balaban J connectivity index is 1.53. The molecule has 4 rings (SSSR count). The second-order valence-corrected chi connectivity index (χ2v) is 10.4. The fraction of sp³-hybridized carbons (Fsp3) is 0.310. The van der Waals surface area contributed by atoms with Crippen LogP contribution in [0.1, 0.15) is 35.2 Å². The topological polar surface area (TPSA) is 49.9 Å². The zero-order valence-corrected chi connectivity index (χ0v) is 21.8. The summed E-state index contributed by atoms with van der Waals surface area (Å²) in [5.41, 5.74) is 1.10. The highest BCUT2D eigenvalue weighted by molar-refractivity contribution is 6.31. The summed E-state index contributed by atoms with van der Waals surface area (Å²) < 4.78 is 6.17. The molecule has 1 aliphatic heterocycles. The van der Waals surface area contributed by atoms with Crippen molar-refractivity contribution in [1.82, 2.24) is 9.80 Å². The summed E-state index contributed by atoms with van der Waals surface area (Å²) in [6.07, 6.45) is 1.85. The summed E-state index contributed by atoms with van der Waals surface area (Å²) in [7, 11) is 1.82. The molecular weight excluding hydrogens is 495 g/mol. The van der Waals surface area contributed by atoms with Gasteiger partial charge in [0.05, 0.1) is 6.61 Å². The molecule has 0 spiro atoms. The van der Waals surface area contributed by atoms with E-state index in [2.05, 4.69) is 0 Å². The van der Waals surface area contributed by atoms with Gasteiger partial charge in [0.15, 0.2) is 0 Å². The Hall–Kier alpha value is -3.02. The van der Waals surface area contributed by atoms with Crippen molar-refractivity contribution in [2.45, 2.75) is 25.8 Å². The third-order valence-electron chi connectivity index (χ3n) is 6.59. The van der Waals surface area contributed by atoms with Gasteiger partial charge in [-0.05, 0) is 60.9 Å². The summed E-state index contributed by atoms with van der Waals surface area (Å²) in [5.74, 6) is 0.621. The molecule has 0 N–H and O–H groups in total. The normalized spacial score (nSPS) is 17.5. The number of piperidine rings is 1. The Kier molecular flexibility index (Phi) is 8.55. The van der Waals surface area contributed by atoms with E-state index in [0.717, 1.165) is 18.4 Å². The number of likely N-dealkylation sites (tertiary alicyclic amines) is 1. The number of carbonyl (C=O) groups excluding carboxylic acids is 2. The molecule has 2 amide bonds. The van der Waals surface area contributed by atoms with Gasteiger partial charge in [-0.2, -0.15) is 0 Å². The molecule has 3 aromatic rings. The lowest BCUT2D eigenvalue weighted by molar-refractivity contribution is -0.134. The molecule has 5 nitrogen and oxygen atoms in total. The molecule has 0 bridgehead atoms. The zero-order valence-electron chi connectivity index (χ0n) is 20.3. The van der Waals surface area contributed by atoms with Crippen LogP contribution in [0.25, 0.3) is 0 Å². The van der Waals surface area contributed by atoms with Crippen molar-refractivity contribution in [2.24, 2.45) is 5.41 Å². The van der Waals surface area contributed by atoms with Gasteiger partial charge in [0.25, 0.3) is 5.91 Å². The average molecular weight is 525 g/mol. The highest BCUT2D eigenvalue weighted by atomic mass is 35.5. The monoisotopic (exact) mass is 524 g/mol. The van der Waals surface area contributed by atoms with Crippen LogP contribution >= 0.6 is 23.2 Å². The van der Waals surface area contributed by atoms with E-state index >= 15 is 0 Å². The van der Waals surface area contributed by atoms with Gasteiger partial charge in [-0.15, -0.1) is 0 Å². The largest absolute Gasteiger partial charge is 0.493 e. The first-order valence-electron chi connectivity index (χ1n) is 12.0. The maximum absolute atomic E-state index is 13.4. The third-order valence-corrected chi connectivity index (χ3v) is 7.08. The molecule has 7 heteroatoms. The van der Waals surface area contributed by atoms with E-state index in [1.54, 1.807) is 41.3 Å². The van der Waals surface area contributed by atoms with Gasteiger partial charge in [0.1, 0.15) is 5.75 Å². The predicted molar refractivity (Wildman–Crippen MR) is 144 cm³/mol. The molecule has 1 heterocycles. The van der Waals surface area contributed by atoms with Gasteiger partial charge in [-0.3, -0.25) is 9.59 Å². The third kappa shape index (κ3) is 6.80. The molecule has 1 aliphatic rings. The number of carbonyl (C=O) groups is 2. The second kappa shape index (κ2) is 11.8. The maximum atomic E-state index is 13.4. The van der Waals surface area contributed by atoms with Crippen molar-refractivity contribution in [1.29, 1.82) is 0 Å². The molecule has 0 saturated carbocycles. The Labute approximate surface area is 222 Å². The quantitative estimate of drug-likeness (QED) is 0.345. The molecule has 1 fully saturated rings. The average Bonchev–Trinajstić information content (AvgIpc) is 2.88. The van der Waals surface area contributed by atoms with E-state index < -0.39 is 5.41 Å². The molecule has 0 radical (unpaired) electrons. The van der Waals surface area contributed by atoms with E-state index in [1.165, 1.54) is 0 Å². The van der Waals surface area contributed by atoms with Crippen LogP contribution in [-0.2, 0) is 11.3 Å². The molecule has 1 saturated heterocycles. The van der Waals surface area contributed by atoms with Crippen molar-refractivity contribution < 1.29 is 14.3 Å². The Morgan fingerprint density at radius 1 is 0.972 bits per heavy atom. The summed E-state index contributed by atoms with van der Waals surface area (Å²) in [6, 6.07) is 24.1. The van der Waals surface area contributed by atoms with E-state index in [4.69, 9.17) is 27.9 Å². The maximum Gasteiger partial charge on any atom is 0.253 e. The Morgan fingerprint density at radius 3 is 2.44 bits per heavy atom. The number of halogens is 2. The standard InChI is InChI=1S/C29H30Cl2N2O3/c1-32(19-22-7-3-2-4-8-22)27(34)18-29(21-36-26-13-11-24(30)12-14-26)15-6-16-33(20-29)28(35)23-9-5-10-25(31)17-23/h2-5,7-14,17H,6,15-16,18-21H2,1H3/t29-/m1/s1. The van der Waals surface area contributed by atoms with Crippen molar-refractivity contribution in [2.75, 3.05) is 26.7 Å². The van der Waals surface area contributed by atoms with E-state index in [-0.39, 0.29) is 18.2 Å². The minimum atomic E-state index is -0.520. The van der Waals surface area contributed by atoms with Gasteiger partial charge >= 0.3 is 0 Å². The fourth-order valence-electron chi connectivity index (χ4n) is 4.67. The minimum absolute atomic E-state index is 0.0237. The molecule has 0 aromatic heterocycles. The van der Waals surface area contributed by atoms with Crippen LogP contribution in [0.15, 0.2) is 78.9 Å². The van der Waals surface area contributed by atoms with Gasteiger partial charge in [0.2, 0.25) is 5.91 Å². The van der Waals surface area contributed by atoms with Gasteiger partial charge in [-0.1, -0.05) is 59.6 Å². The number of nitrogens with zero attached hydrogens (tertiary/aromatic N) is 2. The van der Waals surface area contributed by atoms with Gasteiger partial charge < -0.3 is 14.5 Å². The zero-order chi connectivity index (χ0) is 25.5. The first kappa shape index (κ1) is 26.1. The first-order chi connectivity index (χ1) is 17.3. The van der Waals surface area contributed by atoms with Crippen LogP contribution in [0, 0.1) is 5.41 Å². The second-order valence-electron chi connectivity index (χ2n) is 9.50. The van der Waals surface area contributed by atoms with Crippen LogP contribution in [0.3, 0.4) is 0 Å². The van der Waals surface area contributed by atoms with Crippen LogP contribution in [0.4, 0.5) is 0 Å². The highest BCUT2D eigenvalue weighted by Gasteiger charge is 2.40. The van der Waals surface area contributed by atoms with E-state index in [9.17, 15) is 9.59 Å². The Morgan fingerprint density at radius 2 is 1.72 bits per heavy atom. The molecule has 36 heavy (non-hydrogen) atoms. The number of hydrogen-bond donors (Lipinski definition) is 0. The molecule has 1 atom stereocenters. The SMILES string of the molecule is CN(Cc1ccccc1)C(=O)C[C@]1(COc2ccc(Cl)cc2)CCCN(C(=O)c2cccc(Cl)c2)C1. The lowest BCUT2D eigenvalue weighted by atomic mass is 9.77. The number of rotatable bonds is 8. The lowest BCUT2D eigenvalue weighted by Gasteiger charge is -2.43. The van der Waals surface area contributed by atoms with Crippen LogP contribution in [0.5, 0.6) is 5.75 Å². The van der Waals surface area contributed by atoms with Crippen molar-refractivity contribution in [3.63, 3.8) is 0 Å². The fourth-order valence-corrected chi connectivity index (χ4v) is 4.98. The summed E-state index contributed by atoms with van der Waals surface area (Å²) in [5, 5.41) is 1.15. The summed E-state index contributed by atoms with van der Waals surface area (Å²) in [4.78, 5) is 30.3. The molecule has 188 valence electrons. The van der Waals surface area contributed by atoms with Gasteiger partial charge in [0, 0.05) is 54.1 Å². The molecule has 3 aromatic carbocycles. The molecular formula is C29H30Cl2N2O3. The minimum Gasteiger partial charge on any atom is -0.493 e. The molecule has 0 unspecified atom stereocenters. The lowest BCUT2D eigenvalue weighted by Crippen LogP contribution is -2.50. The smallest absolute Gasteiger partial charge is 0.253 e. The Bertz CT molecular complexity index is 1190. The van der Waals surface area contributed by atoms with Crippen molar-refractivity contribution >= 4 is 35.0 Å². The molecule has 0 aliphatic carbocycles. The predicted octanol–water partition coefficient (Wildman–Crippen LogP) is 6.34. The van der Waals surface area contributed by atoms with Crippen LogP contribution in [-0.4, -0.2) is 48.4 Å². The first-order valence-corrected chi connectivity index (χ1v) is 12.8. The van der Waals surface area contributed by atoms with E-state index in [1.807, 2.05) is 54.4 Å². The highest BCUT2D eigenvalue weighted by Crippen LogP contribution is 2.36.